The molecule has 0 saturated carbocycles. The highest BCUT2D eigenvalue weighted by atomic mass is 16.5. The molecular formula is C12H15N3O2. The topological polar surface area (TPSA) is 60.2 Å². The number of ether oxygens (including phenoxy) is 1. The highest BCUT2D eigenvalue weighted by Crippen LogP contribution is 2.13. The van der Waals surface area contributed by atoms with Gasteiger partial charge in [0.2, 0.25) is 0 Å². The van der Waals surface area contributed by atoms with Gasteiger partial charge in [0, 0.05) is 7.05 Å². The molecule has 17 heavy (non-hydrogen) atoms. The highest BCUT2D eigenvalue weighted by Gasteiger charge is 2.05. The molecule has 1 aromatic heterocycles. The second kappa shape index (κ2) is 4.97. The summed E-state index contributed by atoms with van der Waals surface area (Å²) < 4.78 is 7.47. The lowest BCUT2D eigenvalue weighted by atomic mass is 10.2. The molecule has 1 N–H and O–H groups in total. The average Bonchev–Trinajstić information content (AvgIpc) is 2.68. The monoisotopic (exact) mass is 233 g/mol. The molecule has 0 saturated heterocycles. The van der Waals surface area contributed by atoms with Crippen LogP contribution < -0.4 is 4.74 Å². The Hall–Kier alpha value is -1.88. The Kier molecular flexibility index (Phi) is 3.39. The SMILES string of the molecule is Cc1nnc(COc2ccc(CO)cc2)n1C. The number of nitrogens with zero attached hydrogens (tertiary/aromatic N) is 3. The third-order valence-corrected chi connectivity index (χ3v) is 2.66. The van der Waals surface area contributed by atoms with E-state index in [4.69, 9.17) is 9.84 Å². The third-order valence-electron chi connectivity index (χ3n) is 2.66. The van der Waals surface area contributed by atoms with Gasteiger partial charge in [-0.05, 0) is 24.6 Å². The third kappa shape index (κ3) is 2.62. The Balaban J connectivity index is 2.00. The molecule has 0 aliphatic rings. The zero-order chi connectivity index (χ0) is 12.3. The van der Waals surface area contributed by atoms with Crippen LogP contribution in [0.3, 0.4) is 0 Å². The van der Waals surface area contributed by atoms with Gasteiger partial charge in [0.25, 0.3) is 0 Å². The first-order chi connectivity index (χ1) is 8.20. The fourth-order valence-corrected chi connectivity index (χ4v) is 1.42. The van der Waals surface area contributed by atoms with Crippen LogP contribution in [0.1, 0.15) is 17.2 Å². The maximum Gasteiger partial charge on any atom is 0.170 e. The van der Waals surface area contributed by atoms with E-state index in [0.717, 1.165) is 23.0 Å². The molecule has 5 heteroatoms. The van der Waals surface area contributed by atoms with Gasteiger partial charge in [0.05, 0.1) is 6.61 Å². The summed E-state index contributed by atoms with van der Waals surface area (Å²) in [6.45, 7) is 2.32. The zero-order valence-electron chi connectivity index (χ0n) is 9.92. The van der Waals surface area contributed by atoms with Crippen molar-refractivity contribution in [2.24, 2.45) is 7.05 Å². The van der Waals surface area contributed by atoms with E-state index in [2.05, 4.69) is 10.2 Å². The van der Waals surface area contributed by atoms with Crippen molar-refractivity contribution < 1.29 is 9.84 Å². The molecule has 0 spiro atoms. The second-order valence-electron chi connectivity index (χ2n) is 3.81. The Bertz CT molecular complexity index is 491. The van der Waals surface area contributed by atoms with E-state index < -0.39 is 0 Å². The van der Waals surface area contributed by atoms with E-state index >= 15 is 0 Å². The van der Waals surface area contributed by atoms with Crippen molar-refractivity contribution in [3.63, 3.8) is 0 Å². The molecule has 1 heterocycles. The molecule has 90 valence electrons. The molecule has 5 nitrogen and oxygen atoms in total. The van der Waals surface area contributed by atoms with Crippen LogP contribution in [0.5, 0.6) is 5.75 Å². The first kappa shape index (κ1) is 11.6. The van der Waals surface area contributed by atoms with Gasteiger partial charge in [-0.15, -0.1) is 10.2 Å². The van der Waals surface area contributed by atoms with Gasteiger partial charge in [-0.2, -0.15) is 0 Å². The molecule has 0 radical (unpaired) electrons. The molecule has 0 aliphatic heterocycles. The number of aryl methyl sites for hydroxylation is 1. The van der Waals surface area contributed by atoms with Crippen LogP contribution in [0.25, 0.3) is 0 Å². The molecule has 0 atom stereocenters. The predicted molar refractivity (Wildman–Crippen MR) is 62.4 cm³/mol. The number of rotatable bonds is 4. The lowest BCUT2D eigenvalue weighted by Crippen LogP contribution is -2.04. The van der Waals surface area contributed by atoms with Crippen molar-refractivity contribution in [1.82, 2.24) is 14.8 Å². The van der Waals surface area contributed by atoms with E-state index in [0.29, 0.717) is 6.61 Å². The van der Waals surface area contributed by atoms with Crippen LogP contribution in [0, 0.1) is 6.92 Å². The maximum atomic E-state index is 8.91. The van der Waals surface area contributed by atoms with Gasteiger partial charge in [0.15, 0.2) is 5.82 Å². The largest absolute Gasteiger partial charge is 0.486 e. The minimum Gasteiger partial charge on any atom is -0.486 e. The summed E-state index contributed by atoms with van der Waals surface area (Å²) in [4.78, 5) is 0. The van der Waals surface area contributed by atoms with Crippen LogP contribution in [-0.2, 0) is 20.3 Å². The fourth-order valence-electron chi connectivity index (χ4n) is 1.42. The minimum atomic E-state index is 0.0444. The van der Waals surface area contributed by atoms with Gasteiger partial charge in [-0.1, -0.05) is 12.1 Å². The molecule has 1 aromatic carbocycles. The van der Waals surface area contributed by atoms with Crippen molar-refractivity contribution >= 4 is 0 Å². The van der Waals surface area contributed by atoms with Crippen LogP contribution in [-0.4, -0.2) is 19.9 Å². The minimum absolute atomic E-state index is 0.0444. The van der Waals surface area contributed by atoms with Crippen LogP contribution in [0.2, 0.25) is 0 Å². The molecule has 0 fully saturated rings. The number of aromatic nitrogens is 3. The molecular weight excluding hydrogens is 218 g/mol. The smallest absolute Gasteiger partial charge is 0.170 e. The van der Waals surface area contributed by atoms with Crippen molar-refractivity contribution in [1.29, 1.82) is 0 Å². The van der Waals surface area contributed by atoms with Crippen molar-refractivity contribution in [2.75, 3.05) is 0 Å². The predicted octanol–water partition coefficient (Wildman–Crippen LogP) is 1.19. The molecule has 2 aromatic rings. The Morgan fingerprint density at radius 3 is 2.47 bits per heavy atom. The fraction of sp³-hybridized carbons (Fsp3) is 0.333. The Labute approximate surface area is 99.7 Å². The van der Waals surface area contributed by atoms with Crippen molar-refractivity contribution in [3.8, 4) is 5.75 Å². The standard InChI is InChI=1S/C12H15N3O2/c1-9-13-14-12(15(9)2)8-17-11-5-3-10(7-16)4-6-11/h3-6,16H,7-8H2,1-2H3. The van der Waals surface area contributed by atoms with Crippen molar-refractivity contribution in [2.45, 2.75) is 20.1 Å². The second-order valence-corrected chi connectivity index (χ2v) is 3.81. The summed E-state index contributed by atoms with van der Waals surface area (Å²) in [5.74, 6) is 2.40. The number of hydrogen-bond donors (Lipinski definition) is 1. The number of benzene rings is 1. The Morgan fingerprint density at radius 1 is 1.24 bits per heavy atom. The average molecular weight is 233 g/mol. The summed E-state index contributed by atoms with van der Waals surface area (Å²) in [5, 5.41) is 16.9. The van der Waals surface area contributed by atoms with Crippen molar-refractivity contribution in [3.05, 3.63) is 41.5 Å². The number of aliphatic hydroxyl groups is 1. The summed E-state index contributed by atoms with van der Waals surface area (Å²) in [7, 11) is 1.91. The first-order valence-electron chi connectivity index (χ1n) is 5.38. The van der Waals surface area contributed by atoms with Gasteiger partial charge in [-0.25, -0.2) is 0 Å². The van der Waals surface area contributed by atoms with Gasteiger partial charge < -0.3 is 14.4 Å². The normalized spacial score (nSPS) is 10.5. The van der Waals surface area contributed by atoms with Crippen LogP contribution >= 0.6 is 0 Å². The summed E-state index contributed by atoms with van der Waals surface area (Å²) in [6.07, 6.45) is 0. The van der Waals surface area contributed by atoms with E-state index in [1.807, 2.05) is 42.8 Å². The lowest BCUT2D eigenvalue weighted by molar-refractivity contribution is 0.279. The Morgan fingerprint density at radius 2 is 1.94 bits per heavy atom. The molecule has 0 unspecified atom stereocenters. The van der Waals surface area contributed by atoms with Gasteiger partial charge >= 0.3 is 0 Å². The molecule has 0 amide bonds. The van der Waals surface area contributed by atoms with Gasteiger partial charge in [-0.3, -0.25) is 0 Å². The quantitative estimate of drug-likeness (QED) is 0.861. The highest BCUT2D eigenvalue weighted by molar-refractivity contribution is 5.26. The molecule has 0 bridgehead atoms. The summed E-state index contributed by atoms with van der Waals surface area (Å²) >= 11 is 0. The zero-order valence-corrected chi connectivity index (χ0v) is 9.92. The van der Waals surface area contributed by atoms with Gasteiger partial charge in [0.1, 0.15) is 18.2 Å². The van der Waals surface area contributed by atoms with Crippen LogP contribution in [0.15, 0.2) is 24.3 Å². The number of aliphatic hydroxyl groups excluding tert-OH is 1. The summed E-state index contributed by atoms with van der Waals surface area (Å²) in [5.41, 5.74) is 0.867. The first-order valence-corrected chi connectivity index (χ1v) is 5.38. The van der Waals surface area contributed by atoms with E-state index in [1.54, 1.807) is 0 Å². The van der Waals surface area contributed by atoms with Crippen LogP contribution in [0.4, 0.5) is 0 Å². The van der Waals surface area contributed by atoms with E-state index in [1.165, 1.54) is 0 Å². The number of hydrogen-bond acceptors (Lipinski definition) is 4. The maximum absolute atomic E-state index is 8.91. The molecule has 0 aliphatic carbocycles. The lowest BCUT2D eigenvalue weighted by Gasteiger charge is -2.06. The van der Waals surface area contributed by atoms with E-state index in [9.17, 15) is 0 Å². The summed E-state index contributed by atoms with van der Waals surface area (Å²) in [6, 6.07) is 7.32. The van der Waals surface area contributed by atoms with E-state index in [-0.39, 0.29) is 6.61 Å². The molecule has 2 rings (SSSR count).